The molecule has 0 saturated carbocycles. The molecule has 0 fully saturated rings. The van der Waals surface area contributed by atoms with Crippen LogP contribution in [0.5, 0.6) is 5.75 Å². The Morgan fingerprint density at radius 2 is 2.09 bits per heavy atom. The summed E-state index contributed by atoms with van der Waals surface area (Å²) in [5.74, 6) is 0.528. The van der Waals surface area contributed by atoms with Gasteiger partial charge in [0.25, 0.3) is 0 Å². The molecule has 112 valence electrons. The Hall–Kier alpha value is -2.89. The van der Waals surface area contributed by atoms with Crippen LogP contribution in [0.4, 0.5) is 5.82 Å². The second-order valence-corrected chi connectivity index (χ2v) is 4.90. The van der Waals surface area contributed by atoms with Crippen LogP contribution in [0, 0.1) is 0 Å². The smallest absolute Gasteiger partial charge is 0.337 e. The average Bonchev–Trinajstić information content (AvgIpc) is 2.52. The van der Waals surface area contributed by atoms with Crippen molar-refractivity contribution in [2.75, 3.05) is 12.4 Å². The molecule has 1 aliphatic heterocycles. The summed E-state index contributed by atoms with van der Waals surface area (Å²) in [6.45, 7) is 1.78. The number of anilines is 1. The van der Waals surface area contributed by atoms with E-state index < -0.39 is 0 Å². The first-order chi connectivity index (χ1) is 10.6. The lowest BCUT2D eigenvalue weighted by Gasteiger charge is -2.21. The second-order valence-electron chi connectivity index (χ2n) is 4.90. The van der Waals surface area contributed by atoms with Crippen LogP contribution in [0.3, 0.4) is 0 Å². The predicted molar refractivity (Wildman–Crippen MR) is 79.6 cm³/mol. The van der Waals surface area contributed by atoms with E-state index in [-0.39, 0.29) is 11.9 Å². The van der Waals surface area contributed by atoms with Crippen LogP contribution in [0.25, 0.3) is 11.1 Å². The van der Waals surface area contributed by atoms with Gasteiger partial charge in [-0.25, -0.2) is 9.78 Å². The molecule has 0 spiro atoms. The molecular formula is C16H14N2O4. The quantitative estimate of drug-likeness (QED) is 0.861. The molecule has 6 heteroatoms. The van der Waals surface area contributed by atoms with Gasteiger partial charge in [0.15, 0.2) is 0 Å². The summed E-state index contributed by atoms with van der Waals surface area (Å²) < 4.78 is 10.4. The fourth-order valence-corrected chi connectivity index (χ4v) is 2.39. The number of pyridine rings is 1. The third-order valence-corrected chi connectivity index (χ3v) is 3.37. The first-order valence-corrected chi connectivity index (χ1v) is 6.70. The summed E-state index contributed by atoms with van der Waals surface area (Å²) in [6, 6.07) is 7.06. The zero-order valence-corrected chi connectivity index (χ0v) is 12.2. The Morgan fingerprint density at radius 3 is 2.82 bits per heavy atom. The number of hydrogen-bond acceptors (Lipinski definition) is 5. The molecule has 1 aromatic carbocycles. The number of aromatic nitrogens is 1. The van der Waals surface area contributed by atoms with E-state index in [4.69, 9.17) is 9.47 Å². The van der Waals surface area contributed by atoms with Gasteiger partial charge in [-0.2, -0.15) is 0 Å². The second kappa shape index (κ2) is 5.48. The highest BCUT2D eigenvalue weighted by Gasteiger charge is 2.20. The molecular weight excluding hydrogens is 284 g/mol. The van der Waals surface area contributed by atoms with Crippen LogP contribution >= 0.6 is 0 Å². The molecule has 0 radical (unpaired) electrons. The van der Waals surface area contributed by atoms with Crippen molar-refractivity contribution in [3.63, 3.8) is 0 Å². The van der Waals surface area contributed by atoms with E-state index in [0.29, 0.717) is 23.7 Å². The van der Waals surface area contributed by atoms with Crippen molar-refractivity contribution in [3.05, 3.63) is 41.6 Å². The van der Waals surface area contributed by atoms with E-state index in [0.717, 1.165) is 16.7 Å². The third-order valence-electron chi connectivity index (χ3n) is 3.37. The van der Waals surface area contributed by atoms with Gasteiger partial charge in [0.05, 0.1) is 18.9 Å². The van der Waals surface area contributed by atoms with Gasteiger partial charge < -0.3 is 14.8 Å². The topological polar surface area (TPSA) is 77.5 Å². The molecule has 0 unspecified atom stereocenters. The molecule has 2 aromatic rings. The third kappa shape index (κ3) is 2.50. The van der Waals surface area contributed by atoms with Crippen molar-refractivity contribution < 1.29 is 19.1 Å². The van der Waals surface area contributed by atoms with Crippen molar-refractivity contribution in [2.45, 2.75) is 13.5 Å². The number of carbonyl (C=O) groups excluding carboxylic acids is 2. The van der Waals surface area contributed by atoms with Crippen molar-refractivity contribution >= 4 is 17.7 Å². The summed E-state index contributed by atoms with van der Waals surface area (Å²) >= 11 is 0. The monoisotopic (exact) mass is 298 g/mol. The highest BCUT2D eigenvalue weighted by Crippen LogP contribution is 2.38. The summed E-state index contributed by atoms with van der Waals surface area (Å²) in [4.78, 5) is 26.9. The minimum atomic E-state index is -0.387. The van der Waals surface area contributed by atoms with Crippen LogP contribution in [-0.2, 0) is 16.1 Å². The maximum Gasteiger partial charge on any atom is 0.337 e. The summed E-state index contributed by atoms with van der Waals surface area (Å²) in [5.41, 5.74) is 3.14. The molecule has 22 heavy (non-hydrogen) atoms. The van der Waals surface area contributed by atoms with Crippen molar-refractivity contribution in [1.29, 1.82) is 0 Å². The van der Waals surface area contributed by atoms with Gasteiger partial charge in [-0.1, -0.05) is 6.07 Å². The SMILES string of the molecule is COC(=O)c1ccc2c(c1)COc1cnc(NC(C)=O)cc1-2. The molecule has 0 atom stereocenters. The Bertz CT molecular complexity index is 771. The maximum absolute atomic E-state index is 11.6. The van der Waals surface area contributed by atoms with E-state index in [2.05, 4.69) is 10.3 Å². The maximum atomic E-state index is 11.6. The lowest BCUT2D eigenvalue weighted by Crippen LogP contribution is -2.11. The van der Waals surface area contributed by atoms with E-state index in [9.17, 15) is 9.59 Å². The fraction of sp³-hybridized carbons (Fsp3) is 0.188. The van der Waals surface area contributed by atoms with Crippen LogP contribution in [0.1, 0.15) is 22.8 Å². The van der Waals surface area contributed by atoms with E-state index >= 15 is 0 Å². The van der Waals surface area contributed by atoms with Gasteiger partial charge in [-0.3, -0.25) is 4.79 Å². The molecule has 1 N–H and O–H groups in total. The number of nitrogens with one attached hydrogen (secondary N) is 1. The molecule has 0 saturated heterocycles. The predicted octanol–water partition coefficient (Wildman–Crippen LogP) is 2.39. The van der Waals surface area contributed by atoms with E-state index in [1.807, 2.05) is 6.07 Å². The summed E-state index contributed by atoms with van der Waals surface area (Å²) in [5, 5.41) is 2.64. The lowest BCUT2D eigenvalue weighted by molar-refractivity contribution is -0.114. The number of benzene rings is 1. The lowest BCUT2D eigenvalue weighted by atomic mass is 9.96. The normalized spacial score (nSPS) is 11.7. The number of amides is 1. The number of fused-ring (bicyclic) bond motifs is 3. The Balaban J connectivity index is 2.04. The van der Waals surface area contributed by atoms with Crippen LogP contribution in [0.15, 0.2) is 30.5 Å². The van der Waals surface area contributed by atoms with Gasteiger partial charge in [0.1, 0.15) is 18.2 Å². The van der Waals surface area contributed by atoms with Crippen LogP contribution in [-0.4, -0.2) is 24.0 Å². The Kier molecular flexibility index (Phi) is 3.50. The zero-order valence-electron chi connectivity index (χ0n) is 12.2. The Morgan fingerprint density at radius 1 is 1.27 bits per heavy atom. The number of nitrogens with zero attached hydrogens (tertiary/aromatic N) is 1. The molecule has 1 aliphatic rings. The van der Waals surface area contributed by atoms with E-state index in [1.165, 1.54) is 14.0 Å². The van der Waals surface area contributed by atoms with E-state index in [1.54, 1.807) is 24.4 Å². The largest absolute Gasteiger partial charge is 0.487 e. The first kappa shape index (κ1) is 14.1. The van der Waals surface area contributed by atoms with Gasteiger partial charge >= 0.3 is 5.97 Å². The molecule has 1 aromatic heterocycles. The standard InChI is InChI=1S/C16H14N2O4/c1-9(19)18-15-6-13-12-4-3-10(16(20)21-2)5-11(12)8-22-14(13)7-17-15/h3-7H,8H2,1-2H3,(H,17,18,19). The minimum Gasteiger partial charge on any atom is -0.487 e. The zero-order chi connectivity index (χ0) is 15.7. The average molecular weight is 298 g/mol. The van der Waals surface area contributed by atoms with Crippen molar-refractivity contribution in [1.82, 2.24) is 4.98 Å². The van der Waals surface area contributed by atoms with Gasteiger partial charge in [0.2, 0.25) is 5.91 Å². The number of rotatable bonds is 2. The number of hydrogen-bond donors (Lipinski definition) is 1. The van der Waals surface area contributed by atoms with Gasteiger partial charge in [-0.05, 0) is 29.3 Å². The van der Waals surface area contributed by atoms with Crippen LogP contribution < -0.4 is 10.1 Å². The fourth-order valence-electron chi connectivity index (χ4n) is 2.39. The Labute approximate surface area is 127 Å². The van der Waals surface area contributed by atoms with Gasteiger partial charge in [-0.15, -0.1) is 0 Å². The number of methoxy groups -OCH3 is 1. The minimum absolute atomic E-state index is 0.189. The molecule has 0 bridgehead atoms. The molecule has 3 rings (SSSR count). The summed E-state index contributed by atoms with van der Waals surface area (Å²) in [6.07, 6.45) is 1.58. The number of esters is 1. The van der Waals surface area contributed by atoms with Crippen LogP contribution in [0.2, 0.25) is 0 Å². The van der Waals surface area contributed by atoms with Crippen molar-refractivity contribution in [2.24, 2.45) is 0 Å². The molecule has 1 amide bonds. The number of ether oxygens (including phenoxy) is 2. The first-order valence-electron chi connectivity index (χ1n) is 6.70. The summed E-state index contributed by atoms with van der Waals surface area (Å²) in [7, 11) is 1.35. The molecule has 6 nitrogen and oxygen atoms in total. The van der Waals surface area contributed by atoms with Gasteiger partial charge in [0, 0.05) is 12.5 Å². The van der Waals surface area contributed by atoms with Crippen molar-refractivity contribution in [3.8, 4) is 16.9 Å². The molecule has 0 aliphatic carbocycles. The number of carbonyl (C=O) groups is 2. The highest BCUT2D eigenvalue weighted by molar-refractivity contribution is 5.92. The molecule has 2 heterocycles. The highest BCUT2D eigenvalue weighted by atomic mass is 16.5.